The summed E-state index contributed by atoms with van der Waals surface area (Å²) in [6, 6.07) is 11.6. The average Bonchev–Trinajstić information content (AvgIpc) is 2.47. The van der Waals surface area contributed by atoms with Crippen LogP contribution in [0.1, 0.15) is 23.7 Å². The molecule has 5 nitrogen and oxygen atoms in total. The van der Waals surface area contributed by atoms with Crippen LogP contribution in [0.3, 0.4) is 0 Å². The van der Waals surface area contributed by atoms with Crippen LogP contribution in [0, 0.1) is 5.82 Å². The van der Waals surface area contributed by atoms with Crippen LogP contribution in [0.25, 0.3) is 0 Å². The Kier molecular flexibility index (Phi) is 5.33. The molecule has 0 aliphatic heterocycles. The third-order valence-electron chi connectivity index (χ3n) is 2.95. The fourth-order valence-corrected chi connectivity index (χ4v) is 3.12. The van der Waals surface area contributed by atoms with Gasteiger partial charge in [0, 0.05) is 16.9 Å². The summed E-state index contributed by atoms with van der Waals surface area (Å²) in [5.74, 6) is -0.900. The van der Waals surface area contributed by atoms with Crippen molar-refractivity contribution in [3.05, 3.63) is 59.9 Å². The van der Waals surface area contributed by atoms with E-state index in [-0.39, 0.29) is 11.3 Å². The molecule has 0 saturated heterocycles. The first-order valence-electron chi connectivity index (χ1n) is 7.07. The standard InChI is InChI=1S/C16H17FN2O3S/c1-2-9-23(21,22)19-15-8-3-5-12(10-15)16(20)18-14-7-4-6-13(17)11-14/h3-8,10-11,19H,2,9H2,1H3,(H,18,20). The Labute approximate surface area is 134 Å². The van der Waals surface area contributed by atoms with Crippen molar-refractivity contribution >= 4 is 27.3 Å². The van der Waals surface area contributed by atoms with Gasteiger partial charge in [0.15, 0.2) is 0 Å². The van der Waals surface area contributed by atoms with E-state index in [1.165, 1.54) is 24.3 Å². The number of halogens is 1. The molecule has 0 saturated carbocycles. The maximum absolute atomic E-state index is 13.1. The molecule has 0 fully saturated rings. The van der Waals surface area contributed by atoms with Gasteiger partial charge in [-0.05, 0) is 42.8 Å². The molecule has 2 aromatic carbocycles. The Morgan fingerprint density at radius 1 is 1.09 bits per heavy atom. The first-order chi connectivity index (χ1) is 10.9. The van der Waals surface area contributed by atoms with Crippen LogP contribution >= 0.6 is 0 Å². The molecule has 23 heavy (non-hydrogen) atoms. The molecule has 0 radical (unpaired) electrons. The Bertz CT molecular complexity index is 806. The van der Waals surface area contributed by atoms with Gasteiger partial charge in [-0.15, -0.1) is 0 Å². The van der Waals surface area contributed by atoms with Crippen molar-refractivity contribution in [3.63, 3.8) is 0 Å². The van der Waals surface area contributed by atoms with Crippen LogP contribution in [0.2, 0.25) is 0 Å². The topological polar surface area (TPSA) is 75.3 Å². The summed E-state index contributed by atoms with van der Waals surface area (Å²) >= 11 is 0. The van der Waals surface area contributed by atoms with Gasteiger partial charge in [-0.2, -0.15) is 0 Å². The Morgan fingerprint density at radius 3 is 2.48 bits per heavy atom. The van der Waals surface area contributed by atoms with Crippen LogP contribution in [0.4, 0.5) is 15.8 Å². The van der Waals surface area contributed by atoms with Gasteiger partial charge in [0.25, 0.3) is 5.91 Å². The highest BCUT2D eigenvalue weighted by atomic mass is 32.2. The van der Waals surface area contributed by atoms with Crippen LogP contribution in [0.5, 0.6) is 0 Å². The van der Waals surface area contributed by atoms with Gasteiger partial charge >= 0.3 is 0 Å². The highest BCUT2D eigenvalue weighted by Crippen LogP contribution is 2.15. The van der Waals surface area contributed by atoms with Crippen LogP contribution < -0.4 is 10.0 Å². The molecular weight excluding hydrogens is 319 g/mol. The van der Waals surface area contributed by atoms with Gasteiger partial charge < -0.3 is 5.32 Å². The number of carbonyl (C=O) groups is 1. The summed E-state index contributed by atoms with van der Waals surface area (Å²) in [4.78, 5) is 12.2. The van der Waals surface area contributed by atoms with Crippen molar-refractivity contribution in [1.82, 2.24) is 0 Å². The van der Waals surface area contributed by atoms with Crippen molar-refractivity contribution in [2.24, 2.45) is 0 Å². The average molecular weight is 336 g/mol. The van der Waals surface area contributed by atoms with Crippen LogP contribution in [-0.2, 0) is 10.0 Å². The molecule has 0 aliphatic carbocycles. The summed E-state index contributed by atoms with van der Waals surface area (Å²) in [5.41, 5.74) is 0.906. The number of hydrogen-bond acceptors (Lipinski definition) is 3. The van der Waals surface area contributed by atoms with Gasteiger partial charge in [-0.25, -0.2) is 12.8 Å². The number of anilines is 2. The maximum atomic E-state index is 13.1. The zero-order chi connectivity index (χ0) is 16.9. The predicted octanol–water partition coefficient (Wildman–Crippen LogP) is 3.23. The molecule has 0 unspecified atom stereocenters. The van der Waals surface area contributed by atoms with Crippen molar-refractivity contribution in [1.29, 1.82) is 0 Å². The minimum Gasteiger partial charge on any atom is -0.322 e. The Balaban J connectivity index is 2.14. The summed E-state index contributed by atoms with van der Waals surface area (Å²) in [7, 11) is -3.42. The molecule has 0 bridgehead atoms. The van der Waals surface area contributed by atoms with Crippen LogP contribution in [0.15, 0.2) is 48.5 Å². The molecule has 1 amide bonds. The Morgan fingerprint density at radius 2 is 1.78 bits per heavy atom. The third-order valence-corrected chi connectivity index (χ3v) is 4.45. The smallest absolute Gasteiger partial charge is 0.255 e. The molecule has 2 rings (SSSR count). The molecule has 2 aromatic rings. The molecule has 0 atom stereocenters. The van der Waals surface area contributed by atoms with E-state index in [0.717, 1.165) is 0 Å². The Hall–Kier alpha value is -2.41. The van der Waals surface area contributed by atoms with Crippen LogP contribution in [-0.4, -0.2) is 20.1 Å². The number of sulfonamides is 1. The summed E-state index contributed by atoms with van der Waals surface area (Å²) in [5, 5.41) is 2.56. The van der Waals surface area contributed by atoms with Crippen molar-refractivity contribution in [2.45, 2.75) is 13.3 Å². The predicted molar refractivity (Wildman–Crippen MR) is 88.5 cm³/mol. The second kappa shape index (κ2) is 7.23. The zero-order valence-corrected chi connectivity index (χ0v) is 13.4. The summed E-state index contributed by atoms with van der Waals surface area (Å²) < 4.78 is 39.0. The number of rotatable bonds is 6. The first-order valence-corrected chi connectivity index (χ1v) is 8.72. The fraction of sp³-hybridized carbons (Fsp3) is 0.188. The lowest BCUT2D eigenvalue weighted by Gasteiger charge is -2.09. The van der Waals surface area contributed by atoms with E-state index in [2.05, 4.69) is 10.0 Å². The highest BCUT2D eigenvalue weighted by Gasteiger charge is 2.11. The van der Waals surface area contributed by atoms with Gasteiger partial charge in [-0.1, -0.05) is 19.1 Å². The van der Waals surface area contributed by atoms with Gasteiger partial charge in [0.2, 0.25) is 10.0 Å². The molecule has 0 aliphatic rings. The van der Waals surface area contributed by atoms with Crippen molar-refractivity contribution in [3.8, 4) is 0 Å². The number of nitrogens with one attached hydrogen (secondary N) is 2. The number of benzene rings is 2. The molecule has 7 heteroatoms. The maximum Gasteiger partial charge on any atom is 0.255 e. The lowest BCUT2D eigenvalue weighted by atomic mass is 10.2. The van der Waals surface area contributed by atoms with Gasteiger partial charge in [0.05, 0.1) is 5.75 Å². The van der Waals surface area contributed by atoms with E-state index in [0.29, 0.717) is 17.8 Å². The van der Waals surface area contributed by atoms with Gasteiger partial charge in [0.1, 0.15) is 5.82 Å². The van der Waals surface area contributed by atoms with E-state index in [1.54, 1.807) is 31.2 Å². The lowest BCUT2D eigenvalue weighted by Crippen LogP contribution is -2.17. The monoisotopic (exact) mass is 336 g/mol. The third kappa shape index (κ3) is 5.07. The second-order valence-electron chi connectivity index (χ2n) is 4.97. The van der Waals surface area contributed by atoms with E-state index >= 15 is 0 Å². The molecule has 2 N–H and O–H groups in total. The molecule has 122 valence electrons. The van der Waals surface area contributed by atoms with Crippen molar-refractivity contribution < 1.29 is 17.6 Å². The minimum absolute atomic E-state index is 0.00666. The summed E-state index contributed by atoms with van der Waals surface area (Å²) in [6.07, 6.45) is 0.495. The molecule has 0 aromatic heterocycles. The molecular formula is C16H17FN2O3S. The highest BCUT2D eigenvalue weighted by molar-refractivity contribution is 7.92. The molecule has 0 heterocycles. The number of carbonyl (C=O) groups excluding carboxylic acids is 1. The number of amides is 1. The molecule has 0 spiro atoms. The van der Waals surface area contributed by atoms with E-state index in [1.807, 2.05) is 0 Å². The van der Waals surface area contributed by atoms with Gasteiger partial charge in [-0.3, -0.25) is 9.52 Å². The largest absolute Gasteiger partial charge is 0.322 e. The van der Waals surface area contributed by atoms with E-state index in [4.69, 9.17) is 0 Å². The lowest BCUT2D eigenvalue weighted by molar-refractivity contribution is 0.102. The quantitative estimate of drug-likeness (QED) is 0.850. The van der Waals surface area contributed by atoms with E-state index < -0.39 is 21.7 Å². The minimum atomic E-state index is -3.42. The zero-order valence-electron chi connectivity index (χ0n) is 12.5. The summed E-state index contributed by atoms with van der Waals surface area (Å²) in [6.45, 7) is 1.77. The second-order valence-corrected chi connectivity index (χ2v) is 6.81. The SMILES string of the molecule is CCCS(=O)(=O)Nc1cccc(C(=O)Nc2cccc(F)c2)c1. The fourth-order valence-electron chi connectivity index (χ4n) is 1.99. The number of hydrogen-bond donors (Lipinski definition) is 2. The normalized spacial score (nSPS) is 11.0. The van der Waals surface area contributed by atoms with Crippen molar-refractivity contribution in [2.75, 3.05) is 15.8 Å². The first kappa shape index (κ1) is 17.0. The van der Waals surface area contributed by atoms with E-state index in [9.17, 15) is 17.6 Å².